The van der Waals surface area contributed by atoms with Gasteiger partial charge in [-0.3, -0.25) is 19.2 Å². The molecule has 204 valence electrons. The highest BCUT2D eigenvalue weighted by molar-refractivity contribution is 7.92. The van der Waals surface area contributed by atoms with Crippen LogP contribution >= 0.6 is 11.6 Å². The third kappa shape index (κ3) is 6.72. The van der Waals surface area contributed by atoms with Crippen LogP contribution in [0.2, 0.25) is 5.02 Å². The summed E-state index contributed by atoms with van der Waals surface area (Å²) in [6.07, 6.45) is 1.30. The summed E-state index contributed by atoms with van der Waals surface area (Å²) in [5.41, 5.74) is 4.32. The fourth-order valence-corrected chi connectivity index (χ4v) is 5.71. The number of benzene rings is 3. The Morgan fingerprint density at radius 1 is 1.15 bits per heavy atom. The van der Waals surface area contributed by atoms with Crippen LogP contribution in [0.4, 0.5) is 17.1 Å². The molecule has 4 rings (SSSR count). The van der Waals surface area contributed by atoms with Gasteiger partial charge in [0, 0.05) is 36.5 Å². The quantitative estimate of drug-likeness (QED) is 0.235. The molecule has 0 radical (unpaired) electrons. The first-order valence-electron chi connectivity index (χ1n) is 11.9. The zero-order chi connectivity index (χ0) is 28.0. The number of hydrogen-bond acceptors (Lipinski definition) is 8. The van der Waals surface area contributed by atoms with E-state index in [9.17, 15) is 23.3 Å². The molecule has 1 aliphatic heterocycles. The molecule has 0 bridgehead atoms. The Labute approximate surface area is 230 Å². The van der Waals surface area contributed by atoms with Crippen molar-refractivity contribution >= 4 is 50.8 Å². The molecule has 0 aromatic heterocycles. The molecule has 0 unspecified atom stereocenters. The van der Waals surface area contributed by atoms with Gasteiger partial charge in [0.1, 0.15) is 6.54 Å². The molecule has 11 nitrogen and oxygen atoms in total. The normalized spacial score (nSPS) is 13.8. The number of carbonyl (C=O) groups is 1. The van der Waals surface area contributed by atoms with Crippen molar-refractivity contribution in [3.05, 3.63) is 93.0 Å². The molecule has 1 aliphatic rings. The molecule has 1 fully saturated rings. The van der Waals surface area contributed by atoms with E-state index in [1.165, 1.54) is 42.6 Å². The predicted molar refractivity (Wildman–Crippen MR) is 149 cm³/mol. The molecule has 1 saturated heterocycles. The van der Waals surface area contributed by atoms with Crippen LogP contribution in [0.15, 0.2) is 76.7 Å². The molecule has 39 heavy (non-hydrogen) atoms. The van der Waals surface area contributed by atoms with E-state index in [1.54, 1.807) is 30.3 Å². The summed E-state index contributed by atoms with van der Waals surface area (Å²) in [6, 6.07) is 16.9. The van der Waals surface area contributed by atoms with E-state index in [4.69, 9.17) is 16.3 Å². The predicted octanol–water partition coefficient (Wildman–Crippen LogP) is 3.74. The van der Waals surface area contributed by atoms with Gasteiger partial charge < -0.3 is 9.64 Å². The zero-order valence-corrected chi connectivity index (χ0v) is 22.6. The maximum Gasteiger partial charge on any atom is 0.270 e. The van der Waals surface area contributed by atoms with Crippen LogP contribution in [0.25, 0.3) is 0 Å². The molecule has 3 aromatic rings. The van der Waals surface area contributed by atoms with Crippen molar-refractivity contribution in [1.82, 2.24) is 5.43 Å². The Kier molecular flexibility index (Phi) is 8.79. The highest BCUT2D eigenvalue weighted by atomic mass is 35.5. The number of halogens is 1. The number of nitrogens with zero attached hydrogens (tertiary/aromatic N) is 4. The van der Waals surface area contributed by atoms with E-state index in [-0.39, 0.29) is 21.3 Å². The average molecular weight is 572 g/mol. The molecule has 0 aliphatic carbocycles. The van der Waals surface area contributed by atoms with Crippen molar-refractivity contribution in [3.8, 4) is 0 Å². The van der Waals surface area contributed by atoms with Gasteiger partial charge in [-0.05, 0) is 37.3 Å². The SMILES string of the molecule is Cc1ccc(S(=O)(=O)N(CC(=O)N/N=C\c2cc([N+](=O)[O-])ccc2N2CCOCC2)c2ccccc2Cl)cc1. The lowest BCUT2D eigenvalue weighted by Crippen LogP contribution is -2.39. The van der Waals surface area contributed by atoms with Crippen molar-refractivity contribution in [2.24, 2.45) is 5.10 Å². The van der Waals surface area contributed by atoms with Crippen LogP contribution in [0, 0.1) is 17.0 Å². The molecule has 1 N–H and O–H groups in total. The minimum atomic E-state index is -4.16. The van der Waals surface area contributed by atoms with E-state index in [0.717, 1.165) is 9.87 Å². The number of aryl methyl sites for hydroxylation is 1. The Bertz CT molecular complexity index is 1490. The maximum absolute atomic E-state index is 13.5. The van der Waals surface area contributed by atoms with Gasteiger partial charge in [-0.15, -0.1) is 0 Å². The lowest BCUT2D eigenvalue weighted by atomic mass is 10.1. The van der Waals surface area contributed by atoms with Crippen molar-refractivity contribution < 1.29 is 22.9 Å². The average Bonchev–Trinajstić information content (AvgIpc) is 2.93. The summed E-state index contributed by atoms with van der Waals surface area (Å²) in [7, 11) is -4.16. The van der Waals surface area contributed by atoms with Crippen molar-refractivity contribution in [2.75, 3.05) is 42.1 Å². The minimum Gasteiger partial charge on any atom is -0.378 e. The molecule has 0 atom stereocenters. The van der Waals surface area contributed by atoms with E-state index < -0.39 is 27.4 Å². The maximum atomic E-state index is 13.5. The molecule has 13 heteroatoms. The lowest BCUT2D eigenvalue weighted by Gasteiger charge is -2.29. The topological polar surface area (TPSA) is 134 Å². The van der Waals surface area contributed by atoms with Gasteiger partial charge in [-0.1, -0.05) is 41.4 Å². The van der Waals surface area contributed by atoms with Gasteiger partial charge in [0.25, 0.3) is 21.6 Å². The number of amides is 1. The molecule has 1 amide bonds. The van der Waals surface area contributed by atoms with Gasteiger partial charge in [0.2, 0.25) is 0 Å². The summed E-state index contributed by atoms with van der Waals surface area (Å²) in [4.78, 5) is 25.7. The van der Waals surface area contributed by atoms with E-state index in [0.29, 0.717) is 37.6 Å². The van der Waals surface area contributed by atoms with Crippen LogP contribution in [0.1, 0.15) is 11.1 Å². The number of ether oxygens (including phenoxy) is 1. The highest BCUT2D eigenvalue weighted by Gasteiger charge is 2.28. The summed E-state index contributed by atoms with van der Waals surface area (Å²) < 4.78 is 33.3. The fourth-order valence-electron chi connectivity index (χ4n) is 3.98. The van der Waals surface area contributed by atoms with Crippen LogP contribution in [-0.4, -0.2) is 58.3 Å². The zero-order valence-electron chi connectivity index (χ0n) is 21.0. The number of nitrogens with one attached hydrogen (secondary N) is 1. The third-order valence-corrected chi connectivity index (χ3v) is 8.08. The second kappa shape index (κ2) is 12.2. The highest BCUT2D eigenvalue weighted by Crippen LogP contribution is 2.30. The van der Waals surface area contributed by atoms with Crippen molar-refractivity contribution in [1.29, 1.82) is 0 Å². The summed E-state index contributed by atoms with van der Waals surface area (Å²) in [5.74, 6) is -0.736. The first-order valence-corrected chi connectivity index (χ1v) is 13.8. The minimum absolute atomic E-state index is 0.00364. The van der Waals surface area contributed by atoms with Crippen LogP contribution in [0.3, 0.4) is 0 Å². The second-order valence-corrected chi connectivity index (χ2v) is 10.9. The van der Waals surface area contributed by atoms with Crippen molar-refractivity contribution in [3.63, 3.8) is 0 Å². The first-order chi connectivity index (χ1) is 18.7. The van der Waals surface area contributed by atoms with E-state index in [2.05, 4.69) is 10.5 Å². The number of nitro benzene ring substituents is 1. The molecule has 0 saturated carbocycles. The third-order valence-electron chi connectivity index (χ3n) is 5.98. The Morgan fingerprint density at radius 3 is 2.51 bits per heavy atom. The lowest BCUT2D eigenvalue weighted by molar-refractivity contribution is -0.384. The van der Waals surface area contributed by atoms with E-state index >= 15 is 0 Å². The first kappa shape index (κ1) is 28.0. The smallest absolute Gasteiger partial charge is 0.270 e. The van der Waals surface area contributed by atoms with Crippen LogP contribution < -0.4 is 14.6 Å². The molecule has 1 heterocycles. The number of morpholine rings is 1. The summed E-state index contributed by atoms with van der Waals surface area (Å²) in [5, 5.41) is 15.4. The molecule has 0 spiro atoms. The van der Waals surface area contributed by atoms with Gasteiger partial charge in [0.15, 0.2) is 0 Å². The van der Waals surface area contributed by atoms with Crippen molar-refractivity contribution in [2.45, 2.75) is 11.8 Å². The number of para-hydroxylation sites is 1. The van der Waals surface area contributed by atoms with Gasteiger partial charge >= 0.3 is 0 Å². The Hall–Kier alpha value is -4.00. The molecular formula is C26H26ClN5O6S. The van der Waals surface area contributed by atoms with Gasteiger partial charge in [-0.2, -0.15) is 5.10 Å². The number of hydrogen-bond donors (Lipinski definition) is 1. The van der Waals surface area contributed by atoms with E-state index in [1.807, 2.05) is 11.8 Å². The summed E-state index contributed by atoms with van der Waals surface area (Å²) in [6.45, 7) is 3.43. The Balaban J connectivity index is 1.58. The standard InChI is InChI=1S/C26H26ClN5O6S/c1-19-6-9-22(10-7-19)39(36,37)31(25-5-3-2-4-23(25)27)18-26(33)29-28-17-20-16-21(32(34)35)8-11-24(20)30-12-14-38-15-13-30/h2-11,16-17H,12-15,18H2,1H3,(H,29,33)/b28-17-. The van der Waals surface area contributed by atoms with Gasteiger partial charge in [0.05, 0.1) is 40.0 Å². The van der Waals surface area contributed by atoms with Crippen LogP contribution in [-0.2, 0) is 19.6 Å². The molecule has 3 aromatic carbocycles. The number of sulfonamides is 1. The summed E-state index contributed by atoms with van der Waals surface area (Å²) >= 11 is 6.30. The monoisotopic (exact) mass is 571 g/mol. The number of nitro groups is 1. The number of non-ortho nitro benzene ring substituents is 1. The van der Waals surface area contributed by atoms with Gasteiger partial charge in [-0.25, -0.2) is 13.8 Å². The number of anilines is 2. The number of carbonyl (C=O) groups excluding carboxylic acids is 1. The Morgan fingerprint density at radius 2 is 1.85 bits per heavy atom. The largest absolute Gasteiger partial charge is 0.378 e. The number of hydrazone groups is 1. The second-order valence-electron chi connectivity index (χ2n) is 8.67. The number of rotatable bonds is 9. The fraction of sp³-hybridized carbons (Fsp3) is 0.231. The van der Waals surface area contributed by atoms with Crippen LogP contribution in [0.5, 0.6) is 0 Å². The molecular weight excluding hydrogens is 546 g/mol.